The van der Waals surface area contributed by atoms with E-state index in [9.17, 15) is 4.79 Å². The SMILES string of the molecule is O=C1Nc2c(Br)cccc2C12CCOC2. The smallest absolute Gasteiger partial charge is 0.237 e. The van der Waals surface area contributed by atoms with Crippen molar-refractivity contribution in [3.63, 3.8) is 0 Å². The Morgan fingerprint density at radius 3 is 3.07 bits per heavy atom. The Morgan fingerprint density at radius 2 is 2.33 bits per heavy atom. The van der Waals surface area contributed by atoms with Gasteiger partial charge in [0.1, 0.15) is 5.41 Å². The van der Waals surface area contributed by atoms with E-state index in [0.29, 0.717) is 13.2 Å². The average Bonchev–Trinajstić information content (AvgIpc) is 2.79. The largest absolute Gasteiger partial charge is 0.380 e. The number of fused-ring (bicyclic) bond motifs is 2. The lowest BCUT2D eigenvalue weighted by atomic mass is 9.81. The van der Waals surface area contributed by atoms with E-state index in [-0.39, 0.29) is 5.91 Å². The second-order valence-electron chi connectivity index (χ2n) is 4.00. The Kier molecular flexibility index (Phi) is 1.91. The molecule has 0 saturated carbocycles. The topological polar surface area (TPSA) is 38.3 Å². The van der Waals surface area contributed by atoms with Gasteiger partial charge in [-0.15, -0.1) is 0 Å². The van der Waals surface area contributed by atoms with Crippen molar-refractivity contribution in [2.75, 3.05) is 18.5 Å². The lowest BCUT2D eigenvalue weighted by molar-refractivity contribution is -0.120. The predicted molar refractivity (Wildman–Crippen MR) is 59.9 cm³/mol. The highest BCUT2D eigenvalue weighted by atomic mass is 79.9. The van der Waals surface area contributed by atoms with Gasteiger partial charge in [0.25, 0.3) is 0 Å². The van der Waals surface area contributed by atoms with E-state index in [1.165, 1.54) is 0 Å². The standard InChI is InChI=1S/C11H10BrNO2/c12-8-3-1-2-7-9(8)13-10(14)11(7)4-5-15-6-11/h1-3H,4-6H2,(H,13,14). The summed E-state index contributed by atoms with van der Waals surface area (Å²) >= 11 is 3.45. The third-order valence-corrected chi connectivity index (χ3v) is 3.88. The van der Waals surface area contributed by atoms with Crippen molar-refractivity contribution in [1.82, 2.24) is 0 Å². The van der Waals surface area contributed by atoms with Gasteiger partial charge in [0.15, 0.2) is 0 Å². The van der Waals surface area contributed by atoms with Crippen LogP contribution in [0.15, 0.2) is 22.7 Å². The summed E-state index contributed by atoms with van der Waals surface area (Å²) in [5.74, 6) is 0.0712. The number of amides is 1. The van der Waals surface area contributed by atoms with Crippen LogP contribution in [-0.2, 0) is 14.9 Å². The van der Waals surface area contributed by atoms with Gasteiger partial charge < -0.3 is 10.1 Å². The van der Waals surface area contributed by atoms with E-state index in [0.717, 1.165) is 22.1 Å². The van der Waals surface area contributed by atoms with Gasteiger partial charge in [0.2, 0.25) is 5.91 Å². The van der Waals surface area contributed by atoms with Crippen molar-refractivity contribution >= 4 is 27.5 Å². The maximum atomic E-state index is 12.0. The molecule has 0 aromatic heterocycles. The average molecular weight is 268 g/mol. The summed E-state index contributed by atoms with van der Waals surface area (Å²) in [5.41, 5.74) is 1.55. The number of carbonyl (C=O) groups is 1. The lowest BCUT2D eigenvalue weighted by Crippen LogP contribution is -2.34. The van der Waals surface area contributed by atoms with Gasteiger partial charge in [-0.1, -0.05) is 12.1 Å². The number of para-hydroxylation sites is 1. The molecule has 2 heterocycles. The summed E-state index contributed by atoms with van der Waals surface area (Å²) in [6, 6.07) is 5.91. The minimum absolute atomic E-state index is 0.0712. The van der Waals surface area contributed by atoms with Crippen molar-refractivity contribution in [3.8, 4) is 0 Å². The molecule has 1 atom stereocenters. The van der Waals surface area contributed by atoms with Crippen molar-refractivity contribution in [3.05, 3.63) is 28.2 Å². The first-order valence-corrected chi connectivity index (χ1v) is 5.71. The summed E-state index contributed by atoms with van der Waals surface area (Å²) in [5, 5.41) is 2.93. The molecule has 1 fully saturated rings. The van der Waals surface area contributed by atoms with Gasteiger partial charge in [-0.05, 0) is 34.0 Å². The number of nitrogens with one attached hydrogen (secondary N) is 1. The quantitative estimate of drug-likeness (QED) is 0.782. The van der Waals surface area contributed by atoms with Crippen molar-refractivity contribution < 1.29 is 9.53 Å². The van der Waals surface area contributed by atoms with Crippen molar-refractivity contribution in [1.29, 1.82) is 0 Å². The van der Waals surface area contributed by atoms with Gasteiger partial charge in [-0.25, -0.2) is 0 Å². The van der Waals surface area contributed by atoms with Gasteiger partial charge in [-0.3, -0.25) is 4.79 Å². The van der Waals surface area contributed by atoms with Crippen LogP contribution in [0, 0.1) is 0 Å². The minimum atomic E-state index is -0.431. The van der Waals surface area contributed by atoms with E-state index in [4.69, 9.17) is 4.74 Å². The Labute approximate surface area is 95.9 Å². The normalized spacial score (nSPS) is 28.2. The maximum Gasteiger partial charge on any atom is 0.237 e. The number of ether oxygens (including phenoxy) is 1. The number of halogens is 1. The molecule has 2 aliphatic heterocycles. The maximum absolute atomic E-state index is 12.0. The van der Waals surface area contributed by atoms with Crippen LogP contribution >= 0.6 is 15.9 Å². The third kappa shape index (κ3) is 1.12. The second-order valence-corrected chi connectivity index (χ2v) is 4.86. The first kappa shape index (κ1) is 9.36. The van der Waals surface area contributed by atoms with Gasteiger partial charge >= 0.3 is 0 Å². The highest BCUT2D eigenvalue weighted by Crippen LogP contribution is 2.45. The molecule has 1 N–H and O–H groups in total. The van der Waals surface area contributed by atoms with E-state index in [2.05, 4.69) is 21.2 Å². The van der Waals surface area contributed by atoms with Gasteiger partial charge in [-0.2, -0.15) is 0 Å². The number of hydrogen-bond donors (Lipinski definition) is 1. The number of hydrogen-bond acceptors (Lipinski definition) is 2. The first-order valence-electron chi connectivity index (χ1n) is 4.92. The molecule has 15 heavy (non-hydrogen) atoms. The molecule has 78 valence electrons. The Balaban J connectivity index is 2.21. The molecule has 4 heteroatoms. The molecule has 3 nitrogen and oxygen atoms in total. The predicted octanol–water partition coefficient (Wildman–Crippen LogP) is 2.06. The minimum Gasteiger partial charge on any atom is -0.380 e. The summed E-state index contributed by atoms with van der Waals surface area (Å²) < 4.78 is 6.32. The van der Waals surface area contributed by atoms with E-state index >= 15 is 0 Å². The molecule has 1 spiro atoms. The van der Waals surface area contributed by atoms with E-state index < -0.39 is 5.41 Å². The summed E-state index contributed by atoms with van der Waals surface area (Å²) in [4.78, 5) is 12.0. The molecule has 1 saturated heterocycles. The Hall–Kier alpha value is -0.870. The second kappa shape index (κ2) is 3.06. The molecule has 1 aromatic carbocycles. The number of benzene rings is 1. The molecule has 1 aromatic rings. The molecule has 2 aliphatic rings. The van der Waals surface area contributed by atoms with Crippen LogP contribution in [0.3, 0.4) is 0 Å². The molecule has 3 rings (SSSR count). The fourth-order valence-corrected chi connectivity index (χ4v) is 2.83. The number of rotatable bonds is 0. The van der Waals surface area contributed by atoms with Crippen LogP contribution in [0.25, 0.3) is 0 Å². The van der Waals surface area contributed by atoms with Crippen molar-refractivity contribution in [2.24, 2.45) is 0 Å². The molecule has 0 radical (unpaired) electrons. The highest BCUT2D eigenvalue weighted by molar-refractivity contribution is 9.10. The Bertz CT molecular complexity index is 438. The summed E-state index contributed by atoms with van der Waals surface area (Å²) in [7, 11) is 0. The zero-order chi connectivity index (χ0) is 10.5. The highest BCUT2D eigenvalue weighted by Gasteiger charge is 2.49. The molecule has 0 bridgehead atoms. The summed E-state index contributed by atoms with van der Waals surface area (Å²) in [6.07, 6.45) is 0.780. The Morgan fingerprint density at radius 1 is 1.47 bits per heavy atom. The first-order chi connectivity index (χ1) is 7.24. The fourth-order valence-electron chi connectivity index (χ4n) is 2.36. The van der Waals surface area contributed by atoms with Crippen LogP contribution in [0.5, 0.6) is 0 Å². The molecular weight excluding hydrogens is 258 g/mol. The zero-order valence-electron chi connectivity index (χ0n) is 8.05. The third-order valence-electron chi connectivity index (χ3n) is 3.22. The molecule has 1 unspecified atom stereocenters. The molecular formula is C11H10BrNO2. The van der Waals surface area contributed by atoms with Crippen LogP contribution < -0.4 is 5.32 Å². The molecule has 1 amide bonds. The van der Waals surface area contributed by atoms with Gasteiger partial charge in [0, 0.05) is 11.1 Å². The fraction of sp³-hybridized carbons (Fsp3) is 0.364. The van der Waals surface area contributed by atoms with E-state index in [1.807, 2.05) is 18.2 Å². The lowest BCUT2D eigenvalue weighted by Gasteiger charge is -2.18. The summed E-state index contributed by atoms with van der Waals surface area (Å²) in [6.45, 7) is 1.17. The van der Waals surface area contributed by atoms with Crippen LogP contribution in [0.4, 0.5) is 5.69 Å². The van der Waals surface area contributed by atoms with Crippen molar-refractivity contribution in [2.45, 2.75) is 11.8 Å². The van der Waals surface area contributed by atoms with Crippen LogP contribution in [-0.4, -0.2) is 19.1 Å². The van der Waals surface area contributed by atoms with Gasteiger partial charge in [0.05, 0.1) is 12.3 Å². The number of carbonyl (C=O) groups excluding carboxylic acids is 1. The monoisotopic (exact) mass is 267 g/mol. The van der Waals surface area contributed by atoms with E-state index in [1.54, 1.807) is 0 Å². The zero-order valence-corrected chi connectivity index (χ0v) is 9.63. The van der Waals surface area contributed by atoms with Crippen LogP contribution in [0.2, 0.25) is 0 Å². The number of anilines is 1. The van der Waals surface area contributed by atoms with Crippen LogP contribution in [0.1, 0.15) is 12.0 Å². The molecule has 0 aliphatic carbocycles.